The Morgan fingerprint density at radius 2 is 1.93 bits per heavy atom. The molecule has 158 valence electrons. The van der Waals surface area contributed by atoms with Crippen LogP contribution in [0, 0.1) is 5.92 Å². The third kappa shape index (κ3) is 6.90. The van der Waals surface area contributed by atoms with E-state index in [9.17, 15) is 19.5 Å². The monoisotopic (exact) mass is 403 g/mol. The molecule has 2 atom stereocenters. The minimum atomic E-state index is -1.12. The number of ether oxygens (including phenoxy) is 1. The molecule has 1 heterocycles. The minimum absolute atomic E-state index is 0.0574. The number of amides is 1. The van der Waals surface area contributed by atoms with Crippen molar-refractivity contribution in [1.82, 2.24) is 10.3 Å². The fraction of sp³-hybridized carbons (Fsp3) is 0.476. The molecular weight excluding hydrogens is 374 g/mol. The van der Waals surface area contributed by atoms with Crippen LogP contribution < -0.4 is 11.1 Å². The first kappa shape index (κ1) is 22.4. The van der Waals surface area contributed by atoms with Crippen molar-refractivity contribution >= 4 is 28.7 Å². The molecule has 0 aliphatic heterocycles. The SMILES string of the molecule is CC(C)CCOC(=O)[C@H](N)CCC(=O)N[C@H](Cc1c[nH]c2ccccc12)C(=O)O. The number of carbonyl (C=O) groups is 3. The molecule has 1 aromatic carbocycles. The van der Waals surface area contributed by atoms with Crippen molar-refractivity contribution in [3.63, 3.8) is 0 Å². The Kier molecular flexibility index (Phi) is 8.21. The highest BCUT2D eigenvalue weighted by Gasteiger charge is 2.23. The summed E-state index contributed by atoms with van der Waals surface area (Å²) in [4.78, 5) is 38.7. The molecule has 0 aliphatic carbocycles. The van der Waals surface area contributed by atoms with Crippen molar-refractivity contribution in [1.29, 1.82) is 0 Å². The predicted octanol–water partition coefficient (Wildman–Crippen LogP) is 1.98. The van der Waals surface area contributed by atoms with Gasteiger partial charge in [-0.15, -0.1) is 0 Å². The van der Waals surface area contributed by atoms with Gasteiger partial charge in [-0.1, -0.05) is 32.0 Å². The summed E-state index contributed by atoms with van der Waals surface area (Å²) in [6, 6.07) is 5.56. The van der Waals surface area contributed by atoms with Crippen LogP contribution in [0.5, 0.6) is 0 Å². The molecule has 1 aromatic heterocycles. The van der Waals surface area contributed by atoms with Gasteiger partial charge in [0.1, 0.15) is 12.1 Å². The Morgan fingerprint density at radius 3 is 2.62 bits per heavy atom. The van der Waals surface area contributed by atoms with E-state index in [-0.39, 0.29) is 19.3 Å². The lowest BCUT2D eigenvalue weighted by Crippen LogP contribution is -2.43. The second-order valence-electron chi connectivity index (χ2n) is 7.52. The Labute approximate surface area is 169 Å². The molecule has 0 spiro atoms. The summed E-state index contributed by atoms with van der Waals surface area (Å²) >= 11 is 0. The number of nitrogens with two attached hydrogens (primary N) is 1. The summed E-state index contributed by atoms with van der Waals surface area (Å²) in [5, 5.41) is 12.9. The van der Waals surface area contributed by atoms with Crippen molar-refractivity contribution < 1.29 is 24.2 Å². The molecule has 5 N–H and O–H groups in total. The smallest absolute Gasteiger partial charge is 0.326 e. The van der Waals surface area contributed by atoms with E-state index in [0.717, 1.165) is 22.9 Å². The van der Waals surface area contributed by atoms with E-state index in [2.05, 4.69) is 10.3 Å². The fourth-order valence-electron chi connectivity index (χ4n) is 2.89. The summed E-state index contributed by atoms with van der Waals surface area (Å²) < 4.78 is 5.08. The molecule has 2 rings (SSSR count). The number of benzene rings is 1. The second kappa shape index (κ2) is 10.6. The van der Waals surface area contributed by atoms with Gasteiger partial charge >= 0.3 is 11.9 Å². The average molecular weight is 403 g/mol. The lowest BCUT2D eigenvalue weighted by atomic mass is 10.0. The molecule has 0 radical (unpaired) electrons. The molecule has 0 bridgehead atoms. The molecule has 2 aromatic rings. The first-order chi connectivity index (χ1) is 13.8. The quantitative estimate of drug-likeness (QED) is 0.424. The van der Waals surface area contributed by atoms with E-state index < -0.39 is 29.9 Å². The highest BCUT2D eigenvalue weighted by molar-refractivity contribution is 5.87. The molecule has 0 unspecified atom stereocenters. The third-order valence-electron chi connectivity index (χ3n) is 4.66. The van der Waals surface area contributed by atoms with E-state index >= 15 is 0 Å². The van der Waals surface area contributed by atoms with Crippen molar-refractivity contribution in [2.45, 2.75) is 51.6 Å². The van der Waals surface area contributed by atoms with E-state index in [1.807, 2.05) is 38.1 Å². The first-order valence-corrected chi connectivity index (χ1v) is 9.77. The largest absolute Gasteiger partial charge is 0.480 e. The number of hydrogen-bond acceptors (Lipinski definition) is 5. The van der Waals surface area contributed by atoms with Crippen LogP contribution in [0.15, 0.2) is 30.5 Å². The number of H-pyrrole nitrogens is 1. The number of nitrogens with one attached hydrogen (secondary N) is 2. The zero-order valence-corrected chi connectivity index (χ0v) is 16.8. The number of aromatic nitrogens is 1. The first-order valence-electron chi connectivity index (χ1n) is 9.77. The number of aromatic amines is 1. The number of aliphatic carboxylic acids is 1. The Morgan fingerprint density at radius 1 is 1.21 bits per heavy atom. The molecule has 0 saturated heterocycles. The molecule has 29 heavy (non-hydrogen) atoms. The number of fused-ring (bicyclic) bond motifs is 1. The molecule has 8 nitrogen and oxygen atoms in total. The van der Waals surface area contributed by atoms with Crippen molar-refractivity contribution in [3.05, 3.63) is 36.0 Å². The van der Waals surface area contributed by atoms with E-state index in [1.165, 1.54) is 0 Å². The normalized spacial score (nSPS) is 13.2. The summed E-state index contributed by atoms with van der Waals surface area (Å²) in [6.07, 6.45) is 2.67. The van der Waals surface area contributed by atoms with Crippen LogP contribution in [0.25, 0.3) is 10.9 Å². The molecule has 0 fully saturated rings. The molecule has 0 saturated carbocycles. The van der Waals surface area contributed by atoms with Gasteiger partial charge in [-0.25, -0.2) is 4.79 Å². The zero-order chi connectivity index (χ0) is 21.4. The molecule has 1 amide bonds. The van der Waals surface area contributed by atoms with Gasteiger partial charge < -0.3 is 25.9 Å². The number of esters is 1. The number of para-hydroxylation sites is 1. The van der Waals surface area contributed by atoms with Gasteiger partial charge in [0.05, 0.1) is 6.61 Å². The maximum absolute atomic E-state index is 12.2. The maximum Gasteiger partial charge on any atom is 0.326 e. The third-order valence-corrected chi connectivity index (χ3v) is 4.66. The van der Waals surface area contributed by atoms with E-state index in [0.29, 0.717) is 12.5 Å². The number of carboxylic acid groups (broad SMARTS) is 1. The number of carboxylic acids is 1. The Bertz CT molecular complexity index is 846. The summed E-state index contributed by atoms with van der Waals surface area (Å²) in [7, 11) is 0. The van der Waals surface area contributed by atoms with E-state index in [1.54, 1.807) is 6.20 Å². The average Bonchev–Trinajstić information content (AvgIpc) is 3.08. The van der Waals surface area contributed by atoms with Crippen LogP contribution in [0.1, 0.15) is 38.7 Å². The Balaban J connectivity index is 1.85. The standard InChI is InChI=1S/C21H29N3O5/c1-13(2)9-10-29-21(28)16(22)7-8-19(25)24-18(20(26)27)11-14-12-23-17-6-4-3-5-15(14)17/h3-6,12-13,16,18,23H,7-11,22H2,1-2H3,(H,24,25)(H,26,27)/t16-,18-/m1/s1. The van der Waals surface area contributed by atoms with Crippen molar-refractivity contribution in [2.24, 2.45) is 11.7 Å². The van der Waals surface area contributed by atoms with Gasteiger partial charge in [-0.2, -0.15) is 0 Å². The topological polar surface area (TPSA) is 135 Å². The van der Waals surface area contributed by atoms with E-state index in [4.69, 9.17) is 10.5 Å². The van der Waals surface area contributed by atoms with Crippen LogP contribution in [-0.2, 0) is 25.5 Å². The zero-order valence-electron chi connectivity index (χ0n) is 16.8. The van der Waals surface area contributed by atoms with Crippen LogP contribution in [0.3, 0.4) is 0 Å². The number of carbonyl (C=O) groups excluding carboxylic acids is 2. The summed E-state index contributed by atoms with van der Waals surface area (Å²) in [5.41, 5.74) is 7.48. The molecule has 0 aliphatic rings. The highest BCUT2D eigenvalue weighted by atomic mass is 16.5. The lowest BCUT2D eigenvalue weighted by molar-refractivity contribution is -0.146. The lowest BCUT2D eigenvalue weighted by Gasteiger charge is -2.16. The van der Waals surface area contributed by atoms with Crippen LogP contribution in [-0.4, -0.2) is 46.6 Å². The molecular formula is C21H29N3O5. The Hall–Kier alpha value is -2.87. The maximum atomic E-state index is 12.2. The van der Waals surface area contributed by atoms with Crippen LogP contribution in [0.2, 0.25) is 0 Å². The van der Waals surface area contributed by atoms with Crippen molar-refractivity contribution in [2.75, 3.05) is 6.61 Å². The van der Waals surface area contributed by atoms with Crippen LogP contribution >= 0.6 is 0 Å². The highest BCUT2D eigenvalue weighted by Crippen LogP contribution is 2.19. The fourth-order valence-corrected chi connectivity index (χ4v) is 2.89. The van der Waals surface area contributed by atoms with Gasteiger partial charge in [0.15, 0.2) is 0 Å². The van der Waals surface area contributed by atoms with Gasteiger partial charge in [0, 0.05) is 29.9 Å². The minimum Gasteiger partial charge on any atom is -0.480 e. The number of hydrogen-bond donors (Lipinski definition) is 4. The van der Waals surface area contributed by atoms with Gasteiger partial charge in [0.2, 0.25) is 5.91 Å². The molecule has 8 heteroatoms. The van der Waals surface area contributed by atoms with Gasteiger partial charge in [0.25, 0.3) is 0 Å². The van der Waals surface area contributed by atoms with Crippen molar-refractivity contribution in [3.8, 4) is 0 Å². The van der Waals surface area contributed by atoms with Gasteiger partial charge in [-0.05, 0) is 30.4 Å². The predicted molar refractivity (Wildman–Crippen MR) is 109 cm³/mol. The number of rotatable bonds is 11. The second-order valence-corrected chi connectivity index (χ2v) is 7.52. The van der Waals surface area contributed by atoms with Crippen LogP contribution in [0.4, 0.5) is 0 Å². The summed E-state index contributed by atoms with van der Waals surface area (Å²) in [6.45, 7) is 4.34. The summed E-state index contributed by atoms with van der Waals surface area (Å²) in [5.74, 6) is -1.73. The van der Waals surface area contributed by atoms with Gasteiger partial charge in [-0.3, -0.25) is 9.59 Å².